The average molecular weight is 362 g/mol. The average Bonchev–Trinajstić information content (AvgIpc) is 3.23. The maximum absolute atomic E-state index is 11.0. The number of hydrogen-bond acceptors (Lipinski definition) is 10. The summed E-state index contributed by atoms with van der Waals surface area (Å²) < 4.78 is 5.22. The lowest BCUT2D eigenvalue weighted by atomic mass is 10.1. The minimum atomic E-state index is -1.00. The Morgan fingerprint density at radius 1 is 0.923 bits per heavy atom. The minimum Gasteiger partial charge on any atom is -0.502 e. The molecule has 0 unspecified atom stereocenters. The topological polar surface area (TPSA) is 204 Å². The van der Waals surface area contributed by atoms with Crippen molar-refractivity contribution in [3.63, 3.8) is 0 Å². The standard InChI is InChI=1S/C12H6N6O8/c19-10-7(1-5(16(20)21)3-9(10)18(24)25)11-14-15-12(26-11)8-2-6(4-13-8)17(22)23/h1-4,13,19H. The van der Waals surface area contributed by atoms with E-state index in [4.69, 9.17) is 4.42 Å². The number of nitro benzene ring substituents is 2. The molecule has 0 bridgehead atoms. The third kappa shape index (κ3) is 2.77. The first-order valence-corrected chi connectivity index (χ1v) is 6.60. The first-order chi connectivity index (χ1) is 12.3. The predicted octanol–water partition coefficient (Wildman–Crippen LogP) is 2.16. The Balaban J connectivity index is 2.09. The van der Waals surface area contributed by atoms with Crippen molar-refractivity contribution in [2.45, 2.75) is 0 Å². The smallest absolute Gasteiger partial charge is 0.318 e. The van der Waals surface area contributed by atoms with E-state index in [9.17, 15) is 35.4 Å². The molecule has 26 heavy (non-hydrogen) atoms. The third-order valence-electron chi connectivity index (χ3n) is 3.25. The van der Waals surface area contributed by atoms with E-state index >= 15 is 0 Å². The number of aromatic hydroxyl groups is 1. The molecule has 0 fully saturated rings. The van der Waals surface area contributed by atoms with Crippen molar-refractivity contribution in [1.29, 1.82) is 0 Å². The first kappa shape index (κ1) is 16.5. The lowest BCUT2D eigenvalue weighted by Gasteiger charge is -2.01. The van der Waals surface area contributed by atoms with Crippen LogP contribution in [0, 0.1) is 30.3 Å². The summed E-state index contributed by atoms with van der Waals surface area (Å²) in [5.74, 6) is -1.56. The van der Waals surface area contributed by atoms with Crippen molar-refractivity contribution >= 4 is 17.1 Å². The highest BCUT2D eigenvalue weighted by Crippen LogP contribution is 2.40. The number of nitro groups is 3. The number of hydrogen-bond donors (Lipinski definition) is 2. The molecule has 0 amide bonds. The largest absolute Gasteiger partial charge is 0.502 e. The second kappa shape index (κ2) is 5.93. The molecule has 2 heterocycles. The SMILES string of the molecule is O=[N+]([O-])c1c[nH]c(-c2nnc(-c3cc([N+](=O)[O-])cc([N+](=O)[O-])c3O)o2)c1. The van der Waals surface area contributed by atoms with Gasteiger partial charge in [-0.1, -0.05) is 0 Å². The maximum atomic E-state index is 11.0. The first-order valence-electron chi connectivity index (χ1n) is 6.60. The van der Waals surface area contributed by atoms with Crippen molar-refractivity contribution in [2.24, 2.45) is 0 Å². The van der Waals surface area contributed by atoms with Gasteiger partial charge in [0.15, 0.2) is 0 Å². The van der Waals surface area contributed by atoms with Gasteiger partial charge in [0.25, 0.3) is 23.2 Å². The van der Waals surface area contributed by atoms with Gasteiger partial charge in [0.05, 0.1) is 32.6 Å². The molecule has 14 nitrogen and oxygen atoms in total. The Morgan fingerprint density at radius 3 is 2.15 bits per heavy atom. The van der Waals surface area contributed by atoms with E-state index in [1.165, 1.54) is 0 Å². The lowest BCUT2D eigenvalue weighted by molar-refractivity contribution is -0.394. The molecule has 0 aliphatic rings. The van der Waals surface area contributed by atoms with Gasteiger partial charge in [0, 0.05) is 12.1 Å². The van der Waals surface area contributed by atoms with E-state index in [0.717, 1.165) is 18.3 Å². The van der Waals surface area contributed by atoms with Crippen LogP contribution in [0.3, 0.4) is 0 Å². The van der Waals surface area contributed by atoms with E-state index in [1.54, 1.807) is 0 Å². The summed E-state index contributed by atoms with van der Waals surface area (Å²) in [6, 6.07) is 2.52. The monoisotopic (exact) mass is 362 g/mol. The summed E-state index contributed by atoms with van der Waals surface area (Å²) in [6.45, 7) is 0. The van der Waals surface area contributed by atoms with Gasteiger partial charge in [-0.3, -0.25) is 30.3 Å². The molecule has 0 aliphatic carbocycles. The van der Waals surface area contributed by atoms with Crippen LogP contribution in [0.2, 0.25) is 0 Å². The molecule has 132 valence electrons. The quantitative estimate of drug-likeness (QED) is 0.499. The Morgan fingerprint density at radius 2 is 1.58 bits per heavy atom. The zero-order valence-electron chi connectivity index (χ0n) is 12.4. The van der Waals surface area contributed by atoms with Crippen molar-refractivity contribution in [3.8, 4) is 28.8 Å². The third-order valence-corrected chi connectivity index (χ3v) is 3.25. The van der Waals surface area contributed by atoms with E-state index in [2.05, 4.69) is 15.2 Å². The molecule has 0 saturated heterocycles. The van der Waals surface area contributed by atoms with Gasteiger partial charge in [-0.2, -0.15) is 0 Å². The number of benzene rings is 1. The summed E-state index contributed by atoms with van der Waals surface area (Å²) in [5, 5.41) is 49.7. The molecule has 2 aromatic heterocycles. The molecule has 0 atom stereocenters. The maximum Gasteiger partial charge on any atom is 0.318 e. The van der Waals surface area contributed by atoms with Crippen LogP contribution in [0.15, 0.2) is 28.8 Å². The number of aromatic amines is 1. The number of nitrogens with zero attached hydrogens (tertiary/aromatic N) is 5. The molecule has 0 aliphatic heterocycles. The lowest BCUT2D eigenvalue weighted by Crippen LogP contribution is -1.95. The van der Waals surface area contributed by atoms with Gasteiger partial charge in [0.1, 0.15) is 5.69 Å². The summed E-state index contributed by atoms with van der Waals surface area (Å²) in [5.41, 5.74) is -2.20. The van der Waals surface area contributed by atoms with Gasteiger partial charge in [0.2, 0.25) is 5.75 Å². The molecule has 0 spiro atoms. The second-order valence-corrected chi connectivity index (χ2v) is 4.82. The molecule has 14 heteroatoms. The Hall–Kier alpha value is -4.36. The number of aromatic nitrogens is 3. The van der Waals surface area contributed by atoms with E-state index in [-0.39, 0.29) is 17.3 Å². The summed E-state index contributed by atoms with van der Waals surface area (Å²) in [7, 11) is 0. The molecule has 2 N–H and O–H groups in total. The molecule has 0 saturated carbocycles. The number of rotatable bonds is 5. The zero-order valence-corrected chi connectivity index (χ0v) is 12.4. The van der Waals surface area contributed by atoms with Crippen LogP contribution in [-0.4, -0.2) is 35.1 Å². The van der Waals surface area contributed by atoms with Gasteiger partial charge in [-0.05, 0) is 0 Å². The number of nitrogens with one attached hydrogen (secondary N) is 1. The highest BCUT2D eigenvalue weighted by Gasteiger charge is 2.27. The van der Waals surface area contributed by atoms with E-state index in [0.29, 0.717) is 6.07 Å². The Kier molecular flexibility index (Phi) is 3.76. The molecule has 3 rings (SSSR count). The molecule has 0 radical (unpaired) electrons. The van der Waals surface area contributed by atoms with Gasteiger partial charge in [-0.15, -0.1) is 10.2 Å². The van der Waals surface area contributed by atoms with E-state index in [1.807, 2.05) is 0 Å². The molecule has 3 aromatic rings. The number of phenolic OH excluding ortho intramolecular Hbond substituents is 1. The highest BCUT2D eigenvalue weighted by molar-refractivity contribution is 5.73. The van der Waals surface area contributed by atoms with Gasteiger partial charge >= 0.3 is 5.69 Å². The number of non-ortho nitro benzene ring substituents is 1. The van der Waals surface area contributed by atoms with Crippen LogP contribution >= 0.6 is 0 Å². The fraction of sp³-hybridized carbons (Fsp3) is 0. The summed E-state index contributed by atoms with van der Waals surface area (Å²) >= 11 is 0. The number of phenols is 1. The normalized spacial score (nSPS) is 10.6. The number of H-pyrrole nitrogens is 1. The van der Waals surface area contributed by atoms with Crippen LogP contribution in [0.4, 0.5) is 17.1 Å². The van der Waals surface area contributed by atoms with Crippen molar-refractivity contribution in [3.05, 3.63) is 54.7 Å². The van der Waals surface area contributed by atoms with Crippen molar-refractivity contribution in [1.82, 2.24) is 15.2 Å². The summed E-state index contributed by atoms with van der Waals surface area (Å²) in [4.78, 5) is 32.5. The zero-order chi connectivity index (χ0) is 19.0. The second-order valence-electron chi connectivity index (χ2n) is 4.82. The van der Waals surface area contributed by atoms with Crippen molar-refractivity contribution < 1.29 is 24.3 Å². The minimum absolute atomic E-state index is 0.0786. The van der Waals surface area contributed by atoms with Crippen LogP contribution < -0.4 is 0 Å². The molecule has 1 aromatic carbocycles. The van der Waals surface area contributed by atoms with Crippen LogP contribution in [0.25, 0.3) is 23.0 Å². The van der Waals surface area contributed by atoms with E-state index < -0.39 is 43.3 Å². The van der Waals surface area contributed by atoms with Gasteiger partial charge < -0.3 is 14.5 Å². The molecular weight excluding hydrogens is 356 g/mol. The Labute approximate surface area is 141 Å². The fourth-order valence-corrected chi connectivity index (χ4v) is 2.06. The van der Waals surface area contributed by atoms with Crippen LogP contribution in [0.5, 0.6) is 5.75 Å². The van der Waals surface area contributed by atoms with Gasteiger partial charge in [-0.25, -0.2) is 0 Å². The Bertz CT molecular complexity index is 1050. The summed E-state index contributed by atoms with van der Waals surface area (Å²) in [6.07, 6.45) is 1.08. The van der Waals surface area contributed by atoms with Crippen molar-refractivity contribution in [2.75, 3.05) is 0 Å². The van der Waals surface area contributed by atoms with Crippen LogP contribution in [-0.2, 0) is 0 Å². The fourth-order valence-electron chi connectivity index (χ4n) is 2.06. The molecular formula is C12H6N6O8. The predicted molar refractivity (Wildman–Crippen MR) is 81.1 cm³/mol. The van der Waals surface area contributed by atoms with Crippen LogP contribution in [0.1, 0.15) is 0 Å². The highest BCUT2D eigenvalue weighted by atomic mass is 16.6.